The highest BCUT2D eigenvalue weighted by Crippen LogP contribution is 2.38. The number of esters is 1. The van der Waals surface area contributed by atoms with Gasteiger partial charge in [-0.3, -0.25) is 0 Å². The molecule has 0 bridgehead atoms. The van der Waals surface area contributed by atoms with Gasteiger partial charge in [0.25, 0.3) is 0 Å². The van der Waals surface area contributed by atoms with Gasteiger partial charge < -0.3 is 4.74 Å². The molecule has 2 nitrogen and oxygen atoms in total. The molecule has 1 aliphatic carbocycles. The topological polar surface area (TPSA) is 26.3 Å². The Hall–Kier alpha value is -2.09. The Morgan fingerprint density at radius 1 is 0.735 bits per heavy atom. The molecular weight excluding hydrogens is 416 g/mol. The van der Waals surface area contributed by atoms with Crippen molar-refractivity contribution in [1.29, 1.82) is 0 Å². The summed E-state index contributed by atoms with van der Waals surface area (Å²) < 4.78 is 5.65. The summed E-state index contributed by atoms with van der Waals surface area (Å²) >= 11 is 0. The maximum Gasteiger partial charge on any atom is 0.343 e. The van der Waals surface area contributed by atoms with Gasteiger partial charge in [-0.25, -0.2) is 4.79 Å². The monoisotopic (exact) mass is 462 g/mol. The average molecular weight is 463 g/mol. The van der Waals surface area contributed by atoms with Crippen molar-refractivity contribution in [2.45, 2.75) is 116 Å². The smallest absolute Gasteiger partial charge is 0.343 e. The van der Waals surface area contributed by atoms with Gasteiger partial charge >= 0.3 is 5.97 Å². The van der Waals surface area contributed by atoms with Crippen LogP contribution in [0.5, 0.6) is 5.75 Å². The predicted octanol–water partition coefficient (Wildman–Crippen LogP) is 9.66. The second-order valence-electron chi connectivity index (χ2n) is 10.4. The first kappa shape index (κ1) is 26.5. The Bertz CT molecular complexity index is 813. The SMILES string of the molecule is CCCCCCCc1ccc(C(=O)Oc2ccc(C3CCC(CCCCCC)CC3)cc2)cc1. The Morgan fingerprint density at radius 2 is 1.35 bits per heavy atom. The molecule has 0 amide bonds. The first-order valence-corrected chi connectivity index (χ1v) is 14.1. The number of aryl methyl sites for hydroxylation is 1. The van der Waals surface area contributed by atoms with E-state index in [9.17, 15) is 4.79 Å². The lowest BCUT2D eigenvalue weighted by Gasteiger charge is -2.29. The zero-order chi connectivity index (χ0) is 24.0. The van der Waals surface area contributed by atoms with Crippen LogP contribution in [0.3, 0.4) is 0 Å². The lowest BCUT2D eigenvalue weighted by Crippen LogP contribution is -2.13. The average Bonchev–Trinajstić information content (AvgIpc) is 2.88. The van der Waals surface area contributed by atoms with Crippen LogP contribution in [0.4, 0.5) is 0 Å². The van der Waals surface area contributed by atoms with Crippen molar-refractivity contribution < 1.29 is 9.53 Å². The normalized spacial score (nSPS) is 18.1. The first-order chi connectivity index (χ1) is 16.7. The number of unbranched alkanes of at least 4 members (excludes halogenated alkanes) is 7. The van der Waals surface area contributed by atoms with E-state index in [4.69, 9.17) is 4.74 Å². The van der Waals surface area contributed by atoms with Gasteiger partial charge in [-0.15, -0.1) is 0 Å². The predicted molar refractivity (Wildman–Crippen MR) is 144 cm³/mol. The van der Waals surface area contributed by atoms with Gasteiger partial charge in [0.1, 0.15) is 5.75 Å². The third-order valence-corrected chi connectivity index (χ3v) is 7.63. The molecular formula is C32H46O2. The van der Waals surface area contributed by atoms with Crippen LogP contribution in [0.2, 0.25) is 0 Å². The van der Waals surface area contributed by atoms with Gasteiger partial charge in [0.05, 0.1) is 5.56 Å². The highest BCUT2D eigenvalue weighted by Gasteiger charge is 2.22. The van der Waals surface area contributed by atoms with Crippen LogP contribution in [0.1, 0.15) is 131 Å². The van der Waals surface area contributed by atoms with E-state index in [0.29, 0.717) is 17.2 Å². The highest BCUT2D eigenvalue weighted by atomic mass is 16.5. The molecule has 1 aliphatic rings. The molecule has 34 heavy (non-hydrogen) atoms. The van der Waals surface area contributed by atoms with E-state index in [1.807, 2.05) is 24.3 Å². The fraction of sp³-hybridized carbons (Fsp3) is 0.594. The van der Waals surface area contributed by atoms with Gasteiger partial charge in [-0.1, -0.05) is 95.9 Å². The summed E-state index contributed by atoms with van der Waals surface area (Å²) in [7, 11) is 0. The molecule has 0 aliphatic heterocycles. The fourth-order valence-electron chi connectivity index (χ4n) is 5.36. The van der Waals surface area contributed by atoms with E-state index >= 15 is 0 Å². The zero-order valence-corrected chi connectivity index (χ0v) is 21.7. The number of benzene rings is 2. The quantitative estimate of drug-likeness (QED) is 0.159. The highest BCUT2D eigenvalue weighted by molar-refractivity contribution is 5.91. The molecule has 2 aromatic carbocycles. The third kappa shape index (κ3) is 8.93. The molecule has 0 atom stereocenters. The molecule has 0 heterocycles. The Labute approximate surface area is 208 Å². The maximum absolute atomic E-state index is 12.6. The summed E-state index contributed by atoms with van der Waals surface area (Å²) in [5.74, 6) is 1.95. The summed E-state index contributed by atoms with van der Waals surface area (Å²) in [5.41, 5.74) is 3.32. The van der Waals surface area contributed by atoms with Crippen LogP contribution < -0.4 is 4.74 Å². The van der Waals surface area contributed by atoms with E-state index in [2.05, 4.69) is 38.1 Å². The summed E-state index contributed by atoms with van der Waals surface area (Å²) in [6.07, 6.45) is 19.8. The van der Waals surface area contributed by atoms with Gasteiger partial charge in [-0.05, 0) is 85.8 Å². The van der Waals surface area contributed by atoms with Gasteiger partial charge in [0.15, 0.2) is 0 Å². The van der Waals surface area contributed by atoms with E-state index in [1.165, 1.54) is 101 Å². The maximum atomic E-state index is 12.6. The molecule has 0 saturated heterocycles. The van der Waals surface area contributed by atoms with Gasteiger partial charge in [0, 0.05) is 0 Å². The second kappa shape index (κ2) is 15.0. The standard InChI is InChI=1S/C32H46O2/c1-3-5-7-9-11-13-27-16-20-30(21-17-27)32(33)34-31-24-22-29(23-25-31)28-18-14-26(15-19-28)12-10-8-6-4-2/h16-17,20-26,28H,3-15,18-19H2,1-2H3. The van der Waals surface area contributed by atoms with E-state index in [0.717, 1.165) is 12.3 Å². The van der Waals surface area contributed by atoms with Crippen molar-refractivity contribution in [3.8, 4) is 5.75 Å². The number of rotatable bonds is 14. The Balaban J connectivity index is 1.41. The number of hydrogen-bond donors (Lipinski definition) is 0. The number of ether oxygens (including phenoxy) is 1. The minimum Gasteiger partial charge on any atom is -0.423 e. The van der Waals surface area contributed by atoms with E-state index in [-0.39, 0.29) is 5.97 Å². The Kier molecular flexibility index (Phi) is 11.7. The molecule has 186 valence electrons. The Morgan fingerprint density at radius 3 is 2.00 bits per heavy atom. The molecule has 0 radical (unpaired) electrons. The van der Waals surface area contributed by atoms with E-state index < -0.39 is 0 Å². The van der Waals surface area contributed by atoms with Crippen molar-refractivity contribution >= 4 is 5.97 Å². The molecule has 1 saturated carbocycles. The van der Waals surface area contributed by atoms with Crippen LogP contribution in [-0.2, 0) is 6.42 Å². The summed E-state index contributed by atoms with van der Waals surface area (Å²) in [6, 6.07) is 16.2. The van der Waals surface area contributed by atoms with Gasteiger partial charge in [-0.2, -0.15) is 0 Å². The minimum absolute atomic E-state index is 0.272. The number of carbonyl (C=O) groups is 1. The van der Waals surface area contributed by atoms with Crippen LogP contribution in [0, 0.1) is 5.92 Å². The number of carbonyl (C=O) groups excluding carboxylic acids is 1. The summed E-state index contributed by atoms with van der Waals surface area (Å²) in [4.78, 5) is 12.6. The van der Waals surface area contributed by atoms with Crippen molar-refractivity contribution in [2.75, 3.05) is 0 Å². The molecule has 2 heteroatoms. The van der Waals surface area contributed by atoms with E-state index in [1.54, 1.807) is 0 Å². The molecule has 0 N–H and O–H groups in total. The van der Waals surface area contributed by atoms with Crippen LogP contribution in [-0.4, -0.2) is 5.97 Å². The minimum atomic E-state index is -0.272. The van der Waals surface area contributed by atoms with Crippen molar-refractivity contribution in [1.82, 2.24) is 0 Å². The second-order valence-corrected chi connectivity index (χ2v) is 10.4. The van der Waals surface area contributed by atoms with Crippen molar-refractivity contribution in [3.63, 3.8) is 0 Å². The van der Waals surface area contributed by atoms with Gasteiger partial charge in [0.2, 0.25) is 0 Å². The molecule has 0 unspecified atom stereocenters. The zero-order valence-electron chi connectivity index (χ0n) is 21.7. The van der Waals surface area contributed by atoms with Crippen molar-refractivity contribution in [2.24, 2.45) is 5.92 Å². The lowest BCUT2D eigenvalue weighted by atomic mass is 9.77. The fourth-order valence-corrected chi connectivity index (χ4v) is 5.36. The molecule has 2 aromatic rings. The summed E-state index contributed by atoms with van der Waals surface area (Å²) in [6.45, 7) is 4.53. The largest absolute Gasteiger partial charge is 0.423 e. The van der Waals surface area contributed by atoms with Crippen molar-refractivity contribution in [3.05, 3.63) is 65.2 Å². The number of hydrogen-bond acceptors (Lipinski definition) is 2. The molecule has 1 fully saturated rings. The van der Waals surface area contributed by atoms with Crippen LogP contribution >= 0.6 is 0 Å². The molecule has 3 rings (SSSR count). The molecule has 0 aromatic heterocycles. The van der Waals surface area contributed by atoms with Crippen LogP contribution in [0.25, 0.3) is 0 Å². The summed E-state index contributed by atoms with van der Waals surface area (Å²) in [5, 5.41) is 0. The first-order valence-electron chi connectivity index (χ1n) is 14.1. The molecule has 0 spiro atoms. The van der Waals surface area contributed by atoms with Crippen LogP contribution in [0.15, 0.2) is 48.5 Å². The third-order valence-electron chi connectivity index (χ3n) is 7.63. The lowest BCUT2D eigenvalue weighted by molar-refractivity contribution is 0.0734.